The van der Waals surface area contributed by atoms with Crippen LogP contribution < -0.4 is 15.3 Å². The molecule has 0 bridgehead atoms. The summed E-state index contributed by atoms with van der Waals surface area (Å²) in [7, 11) is 1.33. The van der Waals surface area contributed by atoms with Gasteiger partial charge in [0.05, 0.1) is 25.4 Å². The van der Waals surface area contributed by atoms with Gasteiger partial charge in [0, 0.05) is 12.2 Å². The lowest BCUT2D eigenvalue weighted by molar-refractivity contribution is -0.309. The Labute approximate surface area is 133 Å². The zero-order valence-corrected chi connectivity index (χ0v) is 12.7. The Bertz CT molecular complexity index is 616. The molecule has 1 aromatic carbocycles. The van der Waals surface area contributed by atoms with Gasteiger partial charge >= 0.3 is 6.09 Å². The van der Waals surface area contributed by atoms with Gasteiger partial charge in [0.15, 0.2) is 0 Å². The zero-order valence-electron chi connectivity index (χ0n) is 12.7. The van der Waals surface area contributed by atoms with Crippen LogP contribution in [0.15, 0.2) is 18.2 Å². The summed E-state index contributed by atoms with van der Waals surface area (Å²) in [6.07, 6.45) is 1.17. The van der Waals surface area contributed by atoms with Crippen molar-refractivity contribution in [3.63, 3.8) is 0 Å². The molecule has 2 rings (SSSR count). The van der Waals surface area contributed by atoms with E-state index in [0.717, 1.165) is 24.1 Å². The number of nitrogens with zero attached hydrogens (tertiary/aromatic N) is 1. The normalized spacial score (nSPS) is 13.2. The van der Waals surface area contributed by atoms with Gasteiger partial charge < -0.3 is 24.7 Å². The second kappa shape index (κ2) is 7.59. The molecule has 0 spiro atoms. The average molecular weight is 321 g/mol. The van der Waals surface area contributed by atoms with E-state index < -0.39 is 24.6 Å². The summed E-state index contributed by atoms with van der Waals surface area (Å²) in [5.41, 5.74) is 2.24. The van der Waals surface area contributed by atoms with Gasteiger partial charge in [-0.3, -0.25) is 9.69 Å². The number of amides is 2. The van der Waals surface area contributed by atoms with Crippen molar-refractivity contribution >= 4 is 29.3 Å². The summed E-state index contributed by atoms with van der Waals surface area (Å²) in [5, 5.41) is 12.8. The first-order valence-electron chi connectivity index (χ1n) is 7.07. The van der Waals surface area contributed by atoms with Crippen molar-refractivity contribution < 1.29 is 29.0 Å². The number of ether oxygens (including phenoxy) is 2. The van der Waals surface area contributed by atoms with Crippen LogP contribution >= 0.6 is 0 Å². The van der Waals surface area contributed by atoms with Crippen molar-refractivity contribution in [2.45, 2.75) is 12.8 Å². The zero-order chi connectivity index (χ0) is 16.8. The Hall–Kier alpha value is -2.61. The Kier molecular flexibility index (Phi) is 5.53. The van der Waals surface area contributed by atoms with E-state index in [9.17, 15) is 19.5 Å². The minimum atomic E-state index is -1.38. The molecule has 8 nitrogen and oxygen atoms in total. The summed E-state index contributed by atoms with van der Waals surface area (Å²) in [6.45, 7) is -0.423. The minimum Gasteiger partial charge on any atom is -0.548 e. The summed E-state index contributed by atoms with van der Waals surface area (Å²) in [6, 6.07) is 5.18. The molecular formula is C15H17N2O6-. The molecule has 23 heavy (non-hydrogen) atoms. The molecule has 0 atom stereocenters. The quantitative estimate of drug-likeness (QED) is 0.812. The second-order valence-corrected chi connectivity index (χ2v) is 4.98. The summed E-state index contributed by atoms with van der Waals surface area (Å²) >= 11 is 0. The number of aryl methyl sites for hydroxylation is 1. The van der Waals surface area contributed by atoms with E-state index in [1.54, 1.807) is 23.1 Å². The number of carboxylic acids is 1. The molecule has 0 saturated carbocycles. The number of carbonyl (C=O) groups is 3. The molecule has 0 unspecified atom stereocenters. The lowest BCUT2D eigenvalue weighted by Gasteiger charge is -2.28. The Balaban J connectivity index is 2.02. The van der Waals surface area contributed by atoms with E-state index >= 15 is 0 Å². The molecule has 0 fully saturated rings. The topological polar surface area (TPSA) is 108 Å². The molecule has 8 heteroatoms. The highest BCUT2D eigenvalue weighted by Crippen LogP contribution is 2.30. The van der Waals surface area contributed by atoms with E-state index in [4.69, 9.17) is 4.74 Å². The van der Waals surface area contributed by atoms with Crippen LogP contribution in [0.5, 0.6) is 0 Å². The van der Waals surface area contributed by atoms with Gasteiger partial charge in [-0.05, 0) is 36.6 Å². The fourth-order valence-corrected chi connectivity index (χ4v) is 2.40. The third-order valence-electron chi connectivity index (χ3n) is 3.33. The lowest BCUT2D eigenvalue weighted by Crippen LogP contribution is -2.35. The smallest absolute Gasteiger partial charge is 0.414 e. The summed E-state index contributed by atoms with van der Waals surface area (Å²) in [5.74, 6) is -1.85. The van der Waals surface area contributed by atoms with Crippen molar-refractivity contribution in [3.05, 3.63) is 23.8 Å². The molecule has 124 valence electrons. The number of rotatable bonds is 5. The number of aliphatic carboxylic acids is 1. The van der Waals surface area contributed by atoms with Gasteiger partial charge in [0.2, 0.25) is 5.91 Å². The number of hydrogen-bond acceptors (Lipinski definition) is 6. The van der Waals surface area contributed by atoms with E-state index in [0.29, 0.717) is 12.2 Å². The first-order chi connectivity index (χ1) is 11.0. The van der Waals surface area contributed by atoms with E-state index in [-0.39, 0.29) is 6.61 Å². The van der Waals surface area contributed by atoms with Crippen molar-refractivity contribution in [2.24, 2.45) is 0 Å². The number of anilines is 2. The third-order valence-corrected chi connectivity index (χ3v) is 3.33. The van der Waals surface area contributed by atoms with Gasteiger partial charge in [0.1, 0.15) is 6.61 Å². The molecule has 2 amide bonds. The van der Waals surface area contributed by atoms with Crippen LogP contribution in [0, 0.1) is 0 Å². The van der Waals surface area contributed by atoms with Crippen molar-refractivity contribution in [2.75, 3.05) is 37.1 Å². The highest BCUT2D eigenvalue weighted by Gasteiger charge is 2.23. The van der Waals surface area contributed by atoms with E-state index in [2.05, 4.69) is 10.1 Å². The number of nitrogens with one attached hydrogen (secondary N) is 1. The Morgan fingerprint density at radius 2 is 2.09 bits per heavy atom. The maximum Gasteiger partial charge on any atom is 0.414 e. The molecule has 0 aromatic heterocycles. The first-order valence-corrected chi connectivity index (χ1v) is 7.07. The van der Waals surface area contributed by atoms with Gasteiger partial charge in [0.25, 0.3) is 0 Å². The number of methoxy groups -OCH3 is 1. The maximum atomic E-state index is 11.7. The highest BCUT2D eigenvalue weighted by atomic mass is 16.5. The van der Waals surface area contributed by atoms with Crippen LogP contribution in [0.3, 0.4) is 0 Å². The predicted molar refractivity (Wildman–Crippen MR) is 79.0 cm³/mol. The van der Waals surface area contributed by atoms with Crippen LogP contribution in [0.1, 0.15) is 12.0 Å². The summed E-state index contributed by atoms with van der Waals surface area (Å²) in [4.78, 5) is 35.1. The Morgan fingerprint density at radius 3 is 2.78 bits per heavy atom. The second-order valence-electron chi connectivity index (χ2n) is 4.98. The first kappa shape index (κ1) is 16.8. The fraction of sp³-hybridized carbons (Fsp3) is 0.400. The van der Waals surface area contributed by atoms with Crippen LogP contribution in [-0.4, -0.2) is 44.8 Å². The number of hydrogen-bond donors (Lipinski definition) is 1. The molecule has 0 saturated heterocycles. The number of carboxylic acid groups (broad SMARTS) is 1. The summed E-state index contributed by atoms with van der Waals surface area (Å²) < 4.78 is 9.41. The van der Waals surface area contributed by atoms with Crippen LogP contribution in [0.4, 0.5) is 16.2 Å². The van der Waals surface area contributed by atoms with Crippen LogP contribution in [0.2, 0.25) is 0 Å². The fourth-order valence-electron chi connectivity index (χ4n) is 2.40. The molecule has 1 N–H and O–H groups in total. The maximum absolute atomic E-state index is 11.7. The van der Waals surface area contributed by atoms with Crippen molar-refractivity contribution in [1.82, 2.24) is 0 Å². The molecule has 1 aliphatic heterocycles. The number of fused-ring (bicyclic) bond motifs is 1. The van der Waals surface area contributed by atoms with Crippen molar-refractivity contribution in [3.8, 4) is 0 Å². The minimum absolute atomic E-state index is 0.376. The molecule has 1 heterocycles. The number of carbonyl (C=O) groups excluding carboxylic acids is 3. The SMILES string of the molecule is COC(=O)N1CCCc2cc(NC(=O)COCC(=O)[O-])ccc21. The molecule has 1 aromatic rings. The molecule has 0 radical (unpaired) electrons. The van der Waals surface area contributed by atoms with Gasteiger partial charge in [-0.1, -0.05) is 0 Å². The standard InChI is InChI=1S/C15H18N2O6/c1-22-15(21)17-6-2-3-10-7-11(4-5-12(10)17)16-13(18)8-23-9-14(19)20/h4-5,7H,2-3,6,8-9H2,1H3,(H,16,18)(H,19,20)/p-1. The van der Waals surface area contributed by atoms with Gasteiger partial charge in [-0.15, -0.1) is 0 Å². The van der Waals surface area contributed by atoms with Crippen LogP contribution in [0.25, 0.3) is 0 Å². The van der Waals surface area contributed by atoms with Gasteiger partial charge in [-0.2, -0.15) is 0 Å². The largest absolute Gasteiger partial charge is 0.548 e. The molecular weight excluding hydrogens is 304 g/mol. The van der Waals surface area contributed by atoms with E-state index in [1.165, 1.54) is 7.11 Å². The predicted octanol–water partition coefficient (Wildman–Crippen LogP) is -0.0894. The van der Waals surface area contributed by atoms with Crippen LogP contribution in [-0.2, 0) is 25.5 Å². The monoisotopic (exact) mass is 321 g/mol. The molecule has 1 aliphatic rings. The third kappa shape index (κ3) is 4.43. The van der Waals surface area contributed by atoms with Gasteiger partial charge in [-0.25, -0.2) is 4.79 Å². The Morgan fingerprint density at radius 1 is 1.30 bits per heavy atom. The van der Waals surface area contributed by atoms with E-state index in [1.807, 2.05) is 0 Å². The molecule has 0 aliphatic carbocycles. The average Bonchev–Trinajstić information content (AvgIpc) is 2.53. The lowest BCUT2D eigenvalue weighted by atomic mass is 10.0. The number of benzene rings is 1. The van der Waals surface area contributed by atoms with Crippen molar-refractivity contribution in [1.29, 1.82) is 0 Å². The highest BCUT2D eigenvalue weighted by molar-refractivity contribution is 5.93.